The fourth-order valence-corrected chi connectivity index (χ4v) is 3.19. The Hall–Kier alpha value is -1.96. The maximum Gasteiger partial charge on any atom is 0.139 e. The van der Waals surface area contributed by atoms with Gasteiger partial charge in [0.1, 0.15) is 5.78 Å². The average Bonchev–Trinajstić information content (AvgIpc) is 2.81. The highest BCUT2D eigenvalue weighted by Crippen LogP contribution is 2.22. The highest BCUT2D eigenvalue weighted by atomic mass is 19.1. The lowest BCUT2D eigenvalue weighted by Crippen LogP contribution is -2.37. The molecule has 1 aromatic heterocycles. The molecule has 0 saturated carbocycles. The molecule has 1 N–H and O–H groups in total. The van der Waals surface area contributed by atoms with E-state index < -0.39 is 5.60 Å². The average molecular weight is 465 g/mol. The zero-order chi connectivity index (χ0) is 25.0. The third-order valence-electron chi connectivity index (χ3n) is 5.39. The molecular weight excluding hydrogens is 419 g/mol. The van der Waals surface area contributed by atoms with Crippen LogP contribution in [0.1, 0.15) is 70.9 Å². The molecule has 0 bridgehead atoms. The van der Waals surface area contributed by atoms with Crippen LogP contribution in [0, 0.1) is 6.92 Å². The molecule has 0 aliphatic rings. The van der Waals surface area contributed by atoms with Crippen LogP contribution in [0.3, 0.4) is 0 Å². The topological polar surface area (TPSA) is 67.3 Å². The Morgan fingerprint density at radius 3 is 2.58 bits per heavy atom. The number of carbonyl (C=O) groups is 1. The molecule has 0 amide bonds. The number of rotatable bonds is 17. The fourth-order valence-electron chi connectivity index (χ4n) is 3.19. The normalized spacial score (nSPS) is 12.9. The van der Waals surface area contributed by atoms with Crippen molar-refractivity contribution >= 4 is 5.78 Å². The highest BCUT2D eigenvalue weighted by molar-refractivity contribution is 5.80. The van der Waals surface area contributed by atoms with E-state index >= 15 is 0 Å². The van der Waals surface area contributed by atoms with E-state index in [2.05, 4.69) is 47.8 Å². The van der Waals surface area contributed by atoms with Gasteiger partial charge in [0.15, 0.2) is 0 Å². The van der Waals surface area contributed by atoms with Crippen LogP contribution in [0.2, 0.25) is 0 Å². The lowest BCUT2D eigenvalue weighted by Gasteiger charge is -2.32. The van der Waals surface area contributed by atoms with E-state index in [0.717, 1.165) is 39.1 Å². The van der Waals surface area contributed by atoms with Gasteiger partial charge in [0.25, 0.3) is 0 Å². The second-order valence-electron chi connectivity index (χ2n) is 8.35. The minimum atomic E-state index is -0.519. The molecule has 0 aliphatic heterocycles. The Bertz CT molecular complexity index is 684. The number of Topliss-reactive ketones (excluding diaryl/α,β-unsaturated/α-hetero) is 1. The van der Waals surface area contributed by atoms with Gasteiger partial charge < -0.3 is 15.0 Å². The van der Waals surface area contributed by atoms with Crippen LogP contribution in [0.15, 0.2) is 37.5 Å². The van der Waals surface area contributed by atoms with E-state index in [9.17, 15) is 9.18 Å². The Kier molecular flexibility index (Phi) is 18.3. The van der Waals surface area contributed by atoms with E-state index in [0.29, 0.717) is 19.4 Å². The number of hydrogen-bond acceptors (Lipinski definition) is 6. The summed E-state index contributed by atoms with van der Waals surface area (Å²) in [4.78, 5) is 14.3. The summed E-state index contributed by atoms with van der Waals surface area (Å²) in [6.45, 7) is 19.3. The molecule has 1 atom stereocenters. The SMILES string of the molecule is C=CCOC(C)(CCN(CC)CCCC)CC(=O)C/C=C/F.CCNCc1cnncc1C. The van der Waals surface area contributed by atoms with Crippen LogP contribution < -0.4 is 5.32 Å². The van der Waals surface area contributed by atoms with Crippen molar-refractivity contribution < 1.29 is 13.9 Å². The van der Waals surface area contributed by atoms with Crippen molar-refractivity contribution in [1.29, 1.82) is 0 Å². The van der Waals surface area contributed by atoms with Crippen molar-refractivity contribution in [1.82, 2.24) is 20.4 Å². The van der Waals surface area contributed by atoms with E-state index in [4.69, 9.17) is 4.74 Å². The van der Waals surface area contributed by atoms with E-state index in [1.54, 1.807) is 18.5 Å². The molecule has 0 aromatic carbocycles. The van der Waals surface area contributed by atoms with E-state index in [1.165, 1.54) is 30.0 Å². The molecule has 0 aliphatic carbocycles. The van der Waals surface area contributed by atoms with Crippen LogP contribution in [-0.2, 0) is 16.1 Å². The van der Waals surface area contributed by atoms with Crippen molar-refractivity contribution in [3.63, 3.8) is 0 Å². The van der Waals surface area contributed by atoms with Crippen LogP contribution >= 0.6 is 0 Å². The lowest BCUT2D eigenvalue weighted by molar-refractivity contribution is -0.125. The zero-order valence-corrected chi connectivity index (χ0v) is 21.4. The number of nitrogens with zero attached hydrogens (tertiary/aromatic N) is 3. The monoisotopic (exact) mass is 464 g/mol. The second-order valence-corrected chi connectivity index (χ2v) is 8.35. The van der Waals surface area contributed by atoms with Gasteiger partial charge in [-0.2, -0.15) is 10.2 Å². The molecule has 1 heterocycles. The summed E-state index contributed by atoms with van der Waals surface area (Å²) in [6, 6.07) is 0. The molecule has 1 aromatic rings. The molecular formula is C26H45FN4O2. The smallest absolute Gasteiger partial charge is 0.139 e. The number of nitrogens with one attached hydrogen (secondary N) is 1. The predicted octanol–water partition coefficient (Wildman–Crippen LogP) is 5.19. The van der Waals surface area contributed by atoms with Gasteiger partial charge >= 0.3 is 0 Å². The number of hydrogen-bond donors (Lipinski definition) is 1. The van der Waals surface area contributed by atoms with Gasteiger partial charge in [-0.05, 0) is 63.5 Å². The molecule has 7 heteroatoms. The van der Waals surface area contributed by atoms with Gasteiger partial charge in [-0.25, -0.2) is 4.39 Å². The van der Waals surface area contributed by atoms with Crippen molar-refractivity contribution in [2.24, 2.45) is 0 Å². The van der Waals surface area contributed by atoms with E-state index in [1.807, 2.05) is 13.8 Å². The van der Waals surface area contributed by atoms with Crippen LogP contribution in [0.5, 0.6) is 0 Å². The number of ketones is 1. The number of aryl methyl sites for hydroxylation is 1. The second kappa shape index (κ2) is 19.5. The van der Waals surface area contributed by atoms with Crippen molar-refractivity contribution in [2.45, 2.75) is 78.9 Å². The molecule has 33 heavy (non-hydrogen) atoms. The Labute approximate surface area is 200 Å². The first-order chi connectivity index (χ1) is 15.9. The third-order valence-corrected chi connectivity index (χ3v) is 5.39. The van der Waals surface area contributed by atoms with Crippen molar-refractivity contribution in [3.8, 4) is 0 Å². The number of unbranched alkanes of at least 4 members (excludes halogenated alkanes) is 1. The summed E-state index contributed by atoms with van der Waals surface area (Å²) in [7, 11) is 0. The Morgan fingerprint density at radius 2 is 2.00 bits per heavy atom. The number of aromatic nitrogens is 2. The first-order valence-corrected chi connectivity index (χ1v) is 12.1. The molecule has 0 radical (unpaired) electrons. The number of halogens is 1. The standard InChI is InChI=1S/C18H32FNO2.C8H13N3/c1-5-8-13-20(7-3)14-11-18(4,22-15-6-2)16-17(21)10-9-12-19;1-3-9-5-8-6-11-10-4-7(8)2/h6,9,12H,2,5,7-8,10-11,13-16H2,1,3-4H3;4,6,9H,3,5H2,1-2H3/b12-9+;. The van der Waals surface area contributed by atoms with Crippen LogP contribution in [-0.4, -0.2) is 59.3 Å². The lowest BCUT2D eigenvalue weighted by atomic mass is 9.93. The first kappa shape index (κ1) is 31.0. The quantitative estimate of drug-likeness (QED) is 0.320. The Balaban J connectivity index is 0.000000771. The van der Waals surface area contributed by atoms with E-state index in [-0.39, 0.29) is 12.2 Å². The third kappa shape index (κ3) is 15.5. The summed E-state index contributed by atoms with van der Waals surface area (Å²) in [6.07, 6.45) is 10.5. The summed E-state index contributed by atoms with van der Waals surface area (Å²) >= 11 is 0. The number of carbonyl (C=O) groups excluding carboxylic acids is 1. The number of ether oxygens (including phenoxy) is 1. The van der Waals surface area contributed by atoms with Gasteiger partial charge in [0.2, 0.25) is 0 Å². The summed E-state index contributed by atoms with van der Waals surface area (Å²) in [5, 5.41) is 10.8. The maximum absolute atomic E-state index is 12.0. The zero-order valence-electron chi connectivity index (χ0n) is 21.4. The summed E-state index contributed by atoms with van der Waals surface area (Å²) < 4.78 is 17.9. The molecule has 6 nitrogen and oxygen atoms in total. The molecule has 0 spiro atoms. The largest absolute Gasteiger partial charge is 0.371 e. The minimum Gasteiger partial charge on any atom is -0.371 e. The summed E-state index contributed by atoms with van der Waals surface area (Å²) in [5.41, 5.74) is 1.90. The molecule has 1 unspecified atom stereocenters. The van der Waals surface area contributed by atoms with Crippen molar-refractivity contribution in [3.05, 3.63) is 48.6 Å². The molecule has 0 fully saturated rings. The van der Waals surface area contributed by atoms with Crippen LogP contribution in [0.4, 0.5) is 4.39 Å². The molecule has 188 valence electrons. The van der Waals surface area contributed by atoms with Gasteiger partial charge in [0, 0.05) is 25.9 Å². The molecule has 0 saturated heterocycles. The highest BCUT2D eigenvalue weighted by Gasteiger charge is 2.28. The first-order valence-electron chi connectivity index (χ1n) is 12.1. The number of allylic oxidation sites excluding steroid dienone is 1. The Morgan fingerprint density at radius 1 is 1.27 bits per heavy atom. The van der Waals surface area contributed by atoms with Gasteiger partial charge in [-0.3, -0.25) is 4.79 Å². The van der Waals surface area contributed by atoms with Gasteiger partial charge in [0.05, 0.1) is 30.9 Å². The minimum absolute atomic E-state index is 0.00271. The van der Waals surface area contributed by atoms with Crippen molar-refractivity contribution in [2.75, 3.05) is 32.8 Å². The van der Waals surface area contributed by atoms with Gasteiger partial charge in [-0.1, -0.05) is 33.3 Å². The fraction of sp³-hybridized carbons (Fsp3) is 0.654. The molecule has 1 rings (SSSR count). The summed E-state index contributed by atoms with van der Waals surface area (Å²) in [5.74, 6) is -0.00271. The maximum atomic E-state index is 12.0. The van der Waals surface area contributed by atoms with Crippen LogP contribution in [0.25, 0.3) is 0 Å². The van der Waals surface area contributed by atoms with Gasteiger partial charge in [-0.15, -0.1) is 6.58 Å². The predicted molar refractivity (Wildman–Crippen MR) is 135 cm³/mol.